The number of rotatable bonds is 6. The average Bonchev–Trinajstić information content (AvgIpc) is 3.19. The summed E-state index contributed by atoms with van der Waals surface area (Å²) in [5, 5.41) is 29.0. The van der Waals surface area contributed by atoms with Gasteiger partial charge in [0.2, 0.25) is 10.0 Å². The Kier molecular flexibility index (Phi) is 3.83. The van der Waals surface area contributed by atoms with E-state index in [1.165, 1.54) is 0 Å². The van der Waals surface area contributed by atoms with Crippen molar-refractivity contribution < 1.29 is 28.3 Å². The second kappa shape index (κ2) is 5.30. The standard InChI is InChI=1S/C11H12N2O7S/c14-9-4-3-7(5-8(9)13(17)18)21(19,20)12-10(11(15)16)6-1-2-6/h3-6,10,12,14H,1-2H2,(H,15,16). The summed E-state index contributed by atoms with van der Waals surface area (Å²) < 4.78 is 26.2. The van der Waals surface area contributed by atoms with Crippen molar-refractivity contribution in [2.45, 2.75) is 23.8 Å². The largest absolute Gasteiger partial charge is 0.502 e. The molecule has 0 aromatic heterocycles. The second-order valence-electron chi connectivity index (χ2n) is 4.68. The lowest BCUT2D eigenvalue weighted by Crippen LogP contribution is -2.42. The van der Waals surface area contributed by atoms with Crippen LogP contribution >= 0.6 is 0 Å². The van der Waals surface area contributed by atoms with Gasteiger partial charge in [-0.1, -0.05) is 0 Å². The quantitative estimate of drug-likeness (QED) is 0.509. The lowest BCUT2D eigenvalue weighted by molar-refractivity contribution is -0.386. The number of carboxylic acids is 1. The second-order valence-corrected chi connectivity index (χ2v) is 6.40. The normalized spacial score (nSPS) is 16.4. The molecule has 114 valence electrons. The molecule has 1 aliphatic carbocycles. The molecule has 1 unspecified atom stereocenters. The third-order valence-corrected chi connectivity index (χ3v) is 4.53. The molecule has 1 aliphatic rings. The first-order valence-electron chi connectivity index (χ1n) is 5.95. The van der Waals surface area contributed by atoms with Crippen molar-refractivity contribution in [1.29, 1.82) is 0 Å². The van der Waals surface area contributed by atoms with Gasteiger partial charge in [-0.15, -0.1) is 0 Å². The highest BCUT2D eigenvalue weighted by atomic mass is 32.2. The number of hydrogen-bond acceptors (Lipinski definition) is 6. The van der Waals surface area contributed by atoms with Gasteiger partial charge in [-0.2, -0.15) is 4.72 Å². The first kappa shape index (κ1) is 15.2. The lowest BCUT2D eigenvalue weighted by Gasteiger charge is -2.13. The van der Waals surface area contributed by atoms with Crippen LogP contribution in [0.3, 0.4) is 0 Å². The molecule has 2 rings (SSSR count). The van der Waals surface area contributed by atoms with E-state index in [-0.39, 0.29) is 5.92 Å². The van der Waals surface area contributed by atoms with Crippen molar-refractivity contribution in [3.8, 4) is 5.75 Å². The van der Waals surface area contributed by atoms with Crippen molar-refractivity contribution >= 4 is 21.7 Å². The number of aliphatic carboxylic acids is 1. The highest BCUT2D eigenvalue weighted by molar-refractivity contribution is 7.89. The van der Waals surface area contributed by atoms with Crippen molar-refractivity contribution in [1.82, 2.24) is 4.72 Å². The molecule has 21 heavy (non-hydrogen) atoms. The Labute approximate surface area is 119 Å². The minimum atomic E-state index is -4.23. The number of benzene rings is 1. The van der Waals surface area contributed by atoms with Gasteiger partial charge in [0.15, 0.2) is 5.75 Å². The number of aromatic hydroxyl groups is 1. The summed E-state index contributed by atoms with van der Waals surface area (Å²) in [5.74, 6) is -2.24. The fourth-order valence-corrected chi connectivity index (χ4v) is 3.11. The number of carbonyl (C=O) groups is 1. The number of carboxylic acid groups (broad SMARTS) is 1. The number of phenols is 1. The summed E-state index contributed by atoms with van der Waals surface area (Å²) in [5.41, 5.74) is -0.767. The third kappa shape index (κ3) is 3.28. The van der Waals surface area contributed by atoms with Crippen LogP contribution in [0.15, 0.2) is 23.1 Å². The van der Waals surface area contributed by atoms with Gasteiger partial charge < -0.3 is 10.2 Å². The number of nitro groups is 1. The Balaban J connectivity index is 2.33. The highest BCUT2D eigenvalue weighted by Crippen LogP contribution is 2.34. The minimum Gasteiger partial charge on any atom is -0.502 e. The number of nitro benzene ring substituents is 1. The van der Waals surface area contributed by atoms with Crippen molar-refractivity contribution in [2.24, 2.45) is 5.92 Å². The van der Waals surface area contributed by atoms with E-state index in [1.807, 2.05) is 4.72 Å². The predicted molar refractivity (Wildman–Crippen MR) is 69.2 cm³/mol. The number of hydrogen-bond donors (Lipinski definition) is 3. The Morgan fingerprint density at radius 2 is 2.05 bits per heavy atom. The van der Waals surface area contributed by atoms with Gasteiger partial charge in [-0.05, 0) is 30.9 Å². The molecule has 1 aromatic carbocycles. The van der Waals surface area contributed by atoms with Crippen LogP contribution in [0.5, 0.6) is 5.75 Å². The number of nitrogens with zero attached hydrogens (tertiary/aromatic N) is 1. The predicted octanol–water partition coefficient (Wildman–Crippen LogP) is 0.442. The first-order valence-corrected chi connectivity index (χ1v) is 7.43. The zero-order valence-corrected chi connectivity index (χ0v) is 11.4. The number of phenolic OH excluding ortho intramolecular Hbond substituents is 1. The van der Waals surface area contributed by atoms with Crippen LogP contribution in [-0.2, 0) is 14.8 Å². The van der Waals surface area contributed by atoms with Gasteiger partial charge in [-0.25, -0.2) is 8.42 Å². The van der Waals surface area contributed by atoms with Crippen molar-refractivity contribution in [3.05, 3.63) is 28.3 Å². The Morgan fingerprint density at radius 1 is 1.43 bits per heavy atom. The molecule has 1 fully saturated rings. The van der Waals surface area contributed by atoms with E-state index in [0.717, 1.165) is 12.1 Å². The monoisotopic (exact) mass is 316 g/mol. The average molecular weight is 316 g/mol. The zero-order valence-electron chi connectivity index (χ0n) is 10.6. The molecule has 3 N–H and O–H groups in total. The van der Waals surface area contributed by atoms with E-state index in [1.54, 1.807) is 0 Å². The Bertz CT molecular complexity index is 697. The number of nitrogens with one attached hydrogen (secondary N) is 1. The van der Waals surface area contributed by atoms with Crippen LogP contribution in [0.25, 0.3) is 0 Å². The maximum absolute atomic E-state index is 12.1. The smallest absolute Gasteiger partial charge is 0.322 e. The molecule has 0 spiro atoms. The van der Waals surface area contributed by atoms with E-state index in [9.17, 15) is 28.4 Å². The fourth-order valence-electron chi connectivity index (χ4n) is 1.83. The van der Waals surface area contributed by atoms with Gasteiger partial charge in [0.05, 0.1) is 9.82 Å². The van der Waals surface area contributed by atoms with Crippen LogP contribution < -0.4 is 4.72 Å². The van der Waals surface area contributed by atoms with Crippen LogP contribution in [0.1, 0.15) is 12.8 Å². The molecule has 10 heteroatoms. The molecule has 1 atom stereocenters. The zero-order chi connectivity index (χ0) is 15.8. The van der Waals surface area contributed by atoms with Crippen LogP contribution in [0.2, 0.25) is 0 Å². The summed E-state index contributed by atoms with van der Waals surface area (Å²) in [6, 6.07) is 1.27. The SMILES string of the molecule is O=C(O)C(NS(=O)(=O)c1ccc(O)c([N+](=O)[O-])c1)C1CC1. The molecule has 0 radical (unpaired) electrons. The van der Waals surface area contributed by atoms with Crippen molar-refractivity contribution in [3.63, 3.8) is 0 Å². The van der Waals surface area contributed by atoms with Crippen LogP contribution in [-0.4, -0.2) is 35.6 Å². The molecule has 0 heterocycles. The third-order valence-electron chi connectivity index (χ3n) is 3.10. The minimum absolute atomic E-state index is 0.274. The summed E-state index contributed by atoms with van der Waals surface area (Å²) in [4.78, 5) is 20.3. The molecule has 0 amide bonds. The summed E-state index contributed by atoms with van der Waals surface area (Å²) in [6.45, 7) is 0. The molecular formula is C11H12N2O7S. The van der Waals surface area contributed by atoms with Gasteiger partial charge in [-0.3, -0.25) is 14.9 Å². The van der Waals surface area contributed by atoms with Gasteiger partial charge in [0, 0.05) is 6.07 Å². The summed E-state index contributed by atoms with van der Waals surface area (Å²) in [6.07, 6.45) is 1.21. The highest BCUT2D eigenvalue weighted by Gasteiger charge is 2.39. The maximum Gasteiger partial charge on any atom is 0.322 e. The molecule has 0 saturated heterocycles. The molecule has 0 bridgehead atoms. The number of sulfonamides is 1. The fraction of sp³-hybridized carbons (Fsp3) is 0.364. The first-order chi connectivity index (χ1) is 9.72. The van der Waals surface area contributed by atoms with E-state index >= 15 is 0 Å². The van der Waals surface area contributed by atoms with Gasteiger partial charge in [0.25, 0.3) is 0 Å². The topological polar surface area (TPSA) is 147 Å². The van der Waals surface area contributed by atoms with E-state index in [2.05, 4.69) is 0 Å². The van der Waals surface area contributed by atoms with E-state index in [4.69, 9.17) is 5.11 Å². The van der Waals surface area contributed by atoms with Gasteiger partial charge in [0.1, 0.15) is 6.04 Å². The molecule has 1 aromatic rings. The van der Waals surface area contributed by atoms with E-state index < -0.39 is 43.3 Å². The summed E-state index contributed by atoms with van der Waals surface area (Å²) in [7, 11) is -4.23. The Morgan fingerprint density at radius 3 is 2.52 bits per heavy atom. The molecular weight excluding hydrogens is 304 g/mol. The molecule has 9 nitrogen and oxygen atoms in total. The van der Waals surface area contributed by atoms with Crippen LogP contribution in [0.4, 0.5) is 5.69 Å². The van der Waals surface area contributed by atoms with Crippen molar-refractivity contribution in [2.75, 3.05) is 0 Å². The maximum atomic E-state index is 12.1. The summed E-state index contributed by atoms with van der Waals surface area (Å²) >= 11 is 0. The molecule has 1 saturated carbocycles. The van der Waals surface area contributed by atoms with E-state index in [0.29, 0.717) is 18.9 Å². The Hall–Kier alpha value is -2.20. The lowest BCUT2D eigenvalue weighted by atomic mass is 10.2. The van der Waals surface area contributed by atoms with Crippen LogP contribution in [0, 0.1) is 16.0 Å². The van der Waals surface area contributed by atoms with Gasteiger partial charge >= 0.3 is 11.7 Å². The molecule has 0 aliphatic heterocycles.